The van der Waals surface area contributed by atoms with Gasteiger partial charge in [0, 0.05) is 49.6 Å². The molecule has 1 atom stereocenters. The Kier molecular flexibility index (Phi) is 6.83. The maximum absolute atomic E-state index is 12.0. The molecule has 1 aromatic rings. The molecular formula is C12H15BrClNO4S2. The second kappa shape index (κ2) is 7.71. The molecule has 0 aromatic heterocycles. The van der Waals surface area contributed by atoms with Crippen molar-refractivity contribution in [3.05, 3.63) is 27.7 Å². The van der Waals surface area contributed by atoms with E-state index in [1.54, 1.807) is 19.9 Å². The number of rotatable bonds is 6. The summed E-state index contributed by atoms with van der Waals surface area (Å²) in [6.45, 7) is 3.73. The van der Waals surface area contributed by atoms with Gasteiger partial charge in [-0.25, -0.2) is 8.42 Å². The molecule has 1 unspecified atom stereocenters. The Morgan fingerprint density at radius 2 is 2.05 bits per heavy atom. The molecule has 0 saturated carbocycles. The van der Waals surface area contributed by atoms with Crippen LogP contribution in [0.3, 0.4) is 0 Å². The summed E-state index contributed by atoms with van der Waals surface area (Å²) in [6.07, 6.45) is 0. The minimum absolute atomic E-state index is 0.147. The summed E-state index contributed by atoms with van der Waals surface area (Å²) in [5.74, 6) is 0.459. The van der Waals surface area contributed by atoms with Gasteiger partial charge in [-0.3, -0.25) is 9.00 Å². The second-order valence-corrected chi connectivity index (χ2v) is 9.42. The Morgan fingerprint density at radius 1 is 1.43 bits per heavy atom. The lowest BCUT2D eigenvalue weighted by molar-refractivity contribution is 0.0956. The van der Waals surface area contributed by atoms with E-state index >= 15 is 0 Å². The van der Waals surface area contributed by atoms with Gasteiger partial charge in [0.25, 0.3) is 15.0 Å². The molecule has 0 saturated heterocycles. The van der Waals surface area contributed by atoms with E-state index < -0.39 is 25.8 Å². The van der Waals surface area contributed by atoms with Crippen molar-refractivity contribution in [2.75, 3.05) is 18.1 Å². The molecule has 1 amide bonds. The fraction of sp³-hybridized carbons (Fsp3) is 0.417. The quantitative estimate of drug-likeness (QED) is 0.721. The smallest absolute Gasteiger partial charge is 0.262 e. The van der Waals surface area contributed by atoms with E-state index in [1.807, 2.05) is 0 Å². The summed E-state index contributed by atoms with van der Waals surface area (Å²) >= 11 is 3.14. The highest BCUT2D eigenvalue weighted by molar-refractivity contribution is 9.10. The molecule has 9 heteroatoms. The van der Waals surface area contributed by atoms with Gasteiger partial charge in [-0.05, 0) is 40.5 Å². The lowest BCUT2D eigenvalue weighted by atomic mass is 10.1. The predicted molar refractivity (Wildman–Crippen MR) is 87.8 cm³/mol. The van der Waals surface area contributed by atoms with Crippen LogP contribution in [0.25, 0.3) is 0 Å². The number of aryl methyl sites for hydroxylation is 1. The van der Waals surface area contributed by atoms with E-state index in [0.717, 1.165) is 0 Å². The van der Waals surface area contributed by atoms with Gasteiger partial charge in [0.15, 0.2) is 0 Å². The molecule has 21 heavy (non-hydrogen) atoms. The normalized spacial score (nSPS) is 13.0. The van der Waals surface area contributed by atoms with E-state index in [9.17, 15) is 17.4 Å². The predicted octanol–water partition coefficient (Wildman–Crippen LogP) is 2.18. The van der Waals surface area contributed by atoms with Crippen molar-refractivity contribution >= 4 is 52.4 Å². The largest absolute Gasteiger partial charge is 0.351 e. The molecule has 1 N–H and O–H groups in total. The molecule has 5 nitrogen and oxygen atoms in total. The lowest BCUT2D eigenvalue weighted by Gasteiger charge is -2.09. The van der Waals surface area contributed by atoms with Crippen LogP contribution in [0.5, 0.6) is 0 Å². The van der Waals surface area contributed by atoms with Crippen LogP contribution in [0, 0.1) is 6.92 Å². The number of halogens is 2. The molecule has 0 spiro atoms. The van der Waals surface area contributed by atoms with Crippen molar-refractivity contribution in [1.29, 1.82) is 0 Å². The van der Waals surface area contributed by atoms with E-state index in [0.29, 0.717) is 21.5 Å². The summed E-state index contributed by atoms with van der Waals surface area (Å²) in [5.41, 5.74) is 0.774. The molecule has 0 radical (unpaired) electrons. The van der Waals surface area contributed by atoms with Gasteiger partial charge in [-0.15, -0.1) is 0 Å². The van der Waals surface area contributed by atoms with Crippen LogP contribution in [0.1, 0.15) is 22.8 Å². The summed E-state index contributed by atoms with van der Waals surface area (Å²) in [5, 5.41) is 2.60. The fourth-order valence-electron chi connectivity index (χ4n) is 1.57. The number of benzene rings is 1. The van der Waals surface area contributed by atoms with E-state index in [-0.39, 0.29) is 17.0 Å². The zero-order valence-corrected chi connectivity index (χ0v) is 15.5. The van der Waals surface area contributed by atoms with Crippen molar-refractivity contribution in [3.8, 4) is 0 Å². The number of carbonyl (C=O) groups excluding carboxylic acids is 1. The van der Waals surface area contributed by atoms with Crippen molar-refractivity contribution in [2.45, 2.75) is 18.7 Å². The Labute approximate surface area is 139 Å². The standard InChI is InChI=1S/C12H15BrClNO4S2/c1-3-20(17)5-4-15-12(16)9-6-8(2)11(13)10(7-9)21(14,18)19/h6-7H,3-5H2,1-2H3,(H,15,16). The average Bonchev–Trinajstić information content (AvgIpc) is 2.39. The first kappa shape index (κ1) is 18.6. The summed E-state index contributed by atoms with van der Waals surface area (Å²) in [4.78, 5) is 11.8. The van der Waals surface area contributed by atoms with Gasteiger partial charge in [0.1, 0.15) is 0 Å². The van der Waals surface area contributed by atoms with Crippen LogP contribution in [0.2, 0.25) is 0 Å². The molecule has 0 aliphatic carbocycles. The second-order valence-electron chi connectivity index (χ2n) is 4.23. The van der Waals surface area contributed by atoms with Crippen molar-refractivity contribution in [3.63, 3.8) is 0 Å². The molecule has 0 heterocycles. The van der Waals surface area contributed by atoms with Gasteiger partial charge < -0.3 is 5.32 Å². The van der Waals surface area contributed by atoms with Crippen molar-refractivity contribution < 1.29 is 17.4 Å². The Morgan fingerprint density at radius 3 is 2.57 bits per heavy atom. The minimum atomic E-state index is -3.95. The van der Waals surface area contributed by atoms with Crippen molar-refractivity contribution in [1.82, 2.24) is 5.32 Å². The third-order valence-electron chi connectivity index (χ3n) is 2.68. The van der Waals surface area contributed by atoms with Crippen LogP contribution in [-0.4, -0.2) is 36.6 Å². The zero-order valence-electron chi connectivity index (χ0n) is 11.5. The highest BCUT2D eigenvalue weighted by Gasteiger charge is 2.19. The molecular weight excluding hydrogens is 402 g/mol. The molecule has 0 aliphatic rings. The molecule has 118 valence electrons. The van der Waals surface area contributed by atoms with E-state index in [1.165, 1.54) is 6.07 Å². The number of amides is 1. The summed E-state index contributed by atoms with van der Waals surface area (Å²) < 4.78 is 34.6. The topological polar surface area (TPSA) is 80.3 Å². The van der Waals surface area contributed by atoms with Crippen LogP contribution in [0.4, 0.5) is 0 Å². The molecule has 1 rings (SSSR count). The Balaban J connectivity index is 2.96. The van der Waals surface area contributed by atoms with E-state index in [4.69, 9.17) is 10.7 Å². The van der Waals surface area contributed by atoms with E-state index in [2.05, 4.69) is 21.2 Å². The van der Waals surface area contributed by atoms with Gasteiger partial charge >= 0.3 is 0 Å². The summed E-state index contributed by atoms with van der Waals surface area (Å²) in [6, 6.07) is 2.77. The van der Waals surface area contributed by atoms with Crippen LogP contribution in [-0.2, 0) is 19.9 Å². The number of carbonyl (C=O) groups is 1. The number of hydrogen-bond acceptors (Lipinski definition) is 4. The molecule has 0 aliphatic heterocycles. The molecule has 0 bridgehead atoms. The van der Waals surface area contributed by atoms with Crippen LogP contribution in [0.15, 0.2) is 21.5 Å². The van der Waals surface area contributed by atoms with Crippen LogP contribution >= 0.6 is 26.6 Å². The van der Waals surface area contributed by atoms with Gasteiger partial charge in [-0.2, -0.15) is 0 Å². The highest BCUT2D eigenvalue weighted by atomic mass is 79.9. The van der Waals surface area contributed by atoms with Crippen molar-refractivity contribution in [2.24, 2.45) is 0 Å². The Hall–Kier alpha value is -0.440. The average molecular weight is 417 g/mol. The highest BCUT2D eigenvalue weighted by Crippen LogP contribution is 2.29. The third kappa shape index (κ3) is 5.36. The lowest BCUT2D eigenvalue weighted by Crippen LogP contribution is -2.28. The first-order valence-electron chi connectivity index (χ1n) is 6.04. The first-order valence-corrected chi connectivity index (χ1v) is 10.6. The van der Waals surface area contributed by atoms with Crippen LogP contribution < -0.4 is 5.32 Å². The molecule has 1 aromatic carbocycles. The maximum atomic E-state index is 12.0. The first-order chi connectivity index (χ1) is 9.66. The number of hydrogen-bond donors (Lipinski definition) is 1. The summed E-state index contributed by atoms with van der Waals surface area (Å²) in [7, 11) is 0.429. The van der Waals surface area contributed by atoms with Gasteiger partial charge in [-0.1, -0.05) is 6.92 Å². The fourth-order valence-corrected chi connectivity index (χ4v) is 4.34. The third-order valence-corrected chi connectivity index (χ3v) is 6.65. The SMILES string of the molecule is CCS(=O)CCNC(=O)c1cc(C)c(Br)c(S(=O)(=O)Cl)c1. The monoisotopic (exact) mass is 415 g/mol. The van der Waals surface area contributed by atoms with Gasteiger partial charge in [0.05, 0.1) is 4.90 Å². The van der Waals surface area contributed by atoms with Gasteiger partial charge in [0.2, 0.25) is 0 Å². The minimum Gasteiger partial charge on any atom is -0.351 e. The Bertz CT molecular complexity index is 676. The maximum Gasteiger partial charge on any atom is 0.262 e. The number of nitrogens with one attached hydrogen (secondary N) is 1. The molecule has 0 fully saturated rings. The zero-order chi connectivity index (χ0) is 16.2.